The highest BCUT2D eigenvalue weighted by Gasteiger charge is 2.09. The van der Waals surface area contributed by atoms with Crippen LogP contribution in [-0.2, 0) is 0 Å². The largest absolute Gasteiger partial charge is 0.290 e. The molecule has 0 aliphatic carbocycles. The third kappa shape index (κ3) is 5.65. The smallest absolute Gasteiger partial charge is 0.0866 e. The van der Waals surface area contributed by atoms with E-state index in [0.29, 0.717) is 6.54 Å². The van der Waals surface area contributed by atoms with Gasteiger partial charge in [0.25, 0.3) is 0 Å². The van der Waals surface area contributed by atoms with Crippen molar-refractivity contribution in [1.82, 2.24) is 4.90 Å². The van der Waals surface area contributed by atoms with Gasteiger partial charge in [0, 0.05) is 6.54 Å². The summed E-state index contributed by atoms with van der Waals surface area (Å²) in [5, 5.41) is 8.63. The van der Waals surface area contributed by atoms with Gasteiger partial charge in [0.15, 0.2) is 0 Å². The maximum absolute atomic E-state index is 8.63. The Kier molecular flexibility index (Phi) is 7.73. The van der Waals surface area contributed by atoms with Crippen molar-refractivity contribution >= 4 is 0 Å². The molecular formula is C11H22N2. The molecule has 0 amide bonds. The van der Waals surface area contributed by atoms with E-state index < -0.39 is 0 Å². The Morgan fingerprint density at radius 2 is 1.85 bits per heavy atom. The highest BCUT2D eigenvalue weighted by atomic mass is 15.1. The van der Waals surface area contributed by atoms with Crippen LogP contribution in [-0.4, -0.2) is 24.5 Å². The van der Waals surface area contributed by atoms with Gasteiger partial charge in [-0.25, -0.2) is 0 Å². The topological polar surface area (TPSA) is 27.0 Å². The van der Waals surface area contributed by atoms with Crippen LogP contribution in [0, 0.1) is 17.2 Å². The second kappa shape index (κ2) is 8.07. The summed E-state index contributed by atoms with van der Waals surface area (Å²) >= 11 is 0. The van der Waals surface area contributed by atoms with E-state index in [4.69, 9.17) is 5.26 Å². The Balaban J connectivity index is 3.85. The van der Waals surface area contributed by atoms with E-state index in [2.05, 4.69) is 31.7 Å². The molecule has 0 saturated carbocycles. The molecule has 0 atom stereocenters. The lowest BCUT2D eigenvalue weighted by atomic mass is 10.0. The summed E-state index contributed by atoms with van der Waals surface area (Å²) in [6.45, 7) is 9.36. The zero-order chi connectivity index (χ0) is 10.1. The van der Waals surface area contributed by atoms with Crippen LogP contribution in [0.15, 0.2) is 0 Å². The molecule has 0 unspecified atom stereocenters. The first-order valence-corrected chi connectivity index (χ1v) is 5.37. The zero-order valence-electron chi connectivity index (χ0n) is 9.21. The second-order valence-corrected chi connectivity index (χ2v) is 3.58. The summed E-state index contributed by atoms with van der Waals surface area (Å²) in [4.78, 5) is 2.26. The van der Waals surface area contributed by atoms with E-state index in [1.165, 1.54) is 12.8 Å². The van der Waals surface area contributed by atoms with Crippen LogP contribution in [0.4, 0.5) is 0 Å². The summed E-state index contributed by atoms with van der Waals surface area (Å²) in [6, 6.07) is 2.23. The number of nitrogens with zero attached hydrogens (tertiary/aromatic N) is 2. The van der Waals surface area contributed by atoms with Crippen molar-refractivity contribution in [3.63, 3.8) is 0 Å². The Morgan fingerprint density at radius 3 is 2.23 bits per heavy atom. The van der Waals surface area contributed by atoms with Crippen LogP contribution in [0.5, 0.6) is 0 Å². The molecule has 0 N–H and O–H groups in total. The lowest BCUT2D eigenvalue weighted by molar-refractivity contribution is 0.247. The van der Waals surface area contributed by atoms with E-state index in [9.17, 15) is 0 Å². The van der Waals surface area contributed by atoms with Crippen LogP contribution in [0.2, 0.25) is 0 Å². The highest BCUT2D eigenvalue weighted by Crippen LogP contribution is 2.09. The van der Waals surface area contributed by atoms with Gasteiger partial charge < -0.3 is 0 Å². The molecule has 2 nitrogen and oxygen atoms in total. The predicted octanol–water partition coefficient (Wildman–Crippen LogP) is 2.66. The highest BCUT2D eigenvalue weighted by molar-refractivity contribution is 4.77. The number of rotatable bonds is 7. The van der Waals surface area contributed by atoms with E-state index in [0.717, 1.165) is 25.4 Å². The van der Waals surface area contributed by atoms with Crippen LogP contribution in [0.1, 0.15) is 40.0 Å². The minimum atomic E-state index is 0.588. The quantitative estimate of drug-likeness (QED) is 0.566. The van der Waals surface area contributed by atoms with Crippen molar-refractivity contribution in [1.29, 1.82) is 5.26 Å². The number of hydrogen-bond acceptors (Lipinski definition) is 2. The molecule has 0 aromatic rings. The minimum absolute atomic E-state index is 0.588. The summed E-state index contributed by atoms with van der Waals surface area (Å²) in [7, 11) is 0. The molecule has 0 saturated heterocycles. The maximum Gasteiger partial charge on any atom is 0.0866 e. The lowest BCUT2D eigenvalue weighted by Gasteiger charge is -2.23. The molecule has 0 radical (unpaired) electrons. The molecule has 0 spiro atoms. The standard InChI is InChI=1S/C11H22N2/c1-4-8-13(9-7-12)10-11(5-2)6-3/h11H,4-6,8-10H2,1-3H3. The van der Waals surface area contributed by atoms with Gasteiger partial charge in [-0.05, 0) is 18.9 Å². The fourth-order valence-electron chi connectivity index (χ4n) is 1.56. The molecular weight excluding hydrogens is 160 g/mol. The fourth-order valence-corrected chi connectivity index (χ4v) is 1.56. The molecule has 0 fully saturated rings. The van der Waals surface area contributed by atoms with Crippen molar-refractivity contribution in [2.45, 2.75) is 40.0 Å². The Morgan fingerprint density at radius 1 is 1.23 bits per heavy atom. The van der Waals surface area contributed by atoms with Gasteiger partial charge in [-0.3, -0.25) is 4.90 Å². The van der Waals surface area contributed by atoms with E-state index in [-0.39, 0.29) is 0 Å². The fraction of sp³-hybridized carbons (Fsp3) is 0.909. The van der Waals surface area contributed by atoms with Crippen molar-refractivity contribution in [3.05, 3.63) is 0 Å². The Labute approximate surface area is 82.5 Å². The first-order chi connectivity index (χ1) is 6.28. The van der Waals surface area contributed by atoms with E-state index in [1.807, 2.05) is 0 Å². The van der Waals surface area contributed by atoms with Crippen LogP contribution in [0.25, 0.3) is 0 Å². The number of nitriles is 1. The zero-order valence-corrected chi connectivity index (χ0v) is 9.21. The molecule has 0 bridgehead atoms. The minimum Gasteiger partial charge on any atom is -0.290 e. The first-order valence-electron chi connectivity index (χ1n) is 5.37. The maximum atomic E-state index is 8.63. The Bertz CT molecular complexity index is 145. The molecule has 0 aromatic heterocycles. The van der Waals surface area contributed by atoms with Gasteiger partial charge in [0.2, 0.25) is 0 Å². The normalized spacial score (nSPS) is 10.8. The summed E-state index contributed by atoms with van der Waals surface area (Å²) in [6.07, 6.45) is 3.59. The molecule has 76 valence electrons. The van der Waals surface area contributed by atoms with Crippen molar-refractivity contribution in [2.24, 2.45) is 5.92 Å². The molecule has 0 rings (SSSR count). The second-order valence-electron chi connectivity index (χ2n) is 3.58. The van der Waals surface area contributed by atoms with E-state index >= 15 is 0 Å². The average Bonchev–Trinajstić information content (AvgIpc) is 2.14. The van der Waals surface area contributed by atoms with Gasteiger partial charge in [-0.2, -0.15) is 5.26 Å². The number of hydrogen-bond donors (Lipinski definition) is 0. The monoisotopic (exact) mass is 182 g/mol. The molecule has 2 heteroatoms. The van der Waals surface area contributed by atoms with Crippen LogP contribution in [0.3, 0.4) is 0 Å². The third-order valence-corrected chi connectivity index (χ3v) is 2.51. The molecule has 0 aliphatic heterocycles. The van der Waals surface area contributed by atoms with Gasteiger partial charge >= 0.3 is 0 Å². The van der Waals surface area contributed by atoms with Gasteiger partial charge in [-0.1, -0.05) is 33.6 Å². The van der Waals surface area contributed by atoms with Crippen molar-refractivity contribution in [3.8, 4) is 6.07 Å². The van der Waals surface area contributed by atoms with Gasteiger partial charge in [0.05, 0.1) is 12.6 Å². The van der Waals surface area contributed by atoms with Crippen molar-refractivity contribution in [2.75, 3.05) is 19.6 Å². The molecule has 0 heterocycles. The van der Waals surface area contributed by atoms with Crippen molar-refractivity contribution < 1.29 is 0 Å². The average molecular weight is 182 g/mol. The third-order valence-electron chi connectivity index (χ3n) is 2.51. The summed E-state index contributed by atoms with van der Waals surface area (Å²) in [5.41, 5.74) is 0. The van der Waals surface area contributed by atoms with E-state index in [1.54, 1.807) is 0 Å². The predicted molar refractivity (Wildman–Crippen MR) is 56.4 cm³/mol. The molecule has 13 heavy (non-hydrogen) atoms. The first kappa shape index (κ1) is 12.4. The summed E-state index contributed by atoms with van der Waals surface area (Å²) < 4.78 is 0. The molecule has 0 aromatic carbocycles. The molecule has 0 aliphatic rings. The van der Waals surface area contributed by atoms with Crippen LogP contribution >= 0.6 is 0 Å². The van der Waals surface area contributed by atoms with Crippen LogP contribution < -0.4 is 0 Å². The summed E-state index contributed by atoms with van der Waals surface area (Å²) in [5.74, 6) is 0.764. The Hall–Kier alpha value is -0.550. The SMILES string of the molecule is CCCN(CC#N)CC(CC)CC. The van der Waals surface area contributed by atoms with Gasteiger partial charge in [0.1, 0.15) is 0 Å². The van der Waals surface area contributed by atoms with Gasteiger partial charge in [-0.15, -0.1) is 0 Å². The lowest BCUT2D eigenvalue weighted by Crippen LogP contribution is -2.30.